The molecule has 0 heterocycles. The van der Waals surface area contributed by atoms with Crippen molar-refractivity contribution in [2.24, 2.45) is 0 Å². The first-order chi connectivity index (χ1) is 11.2. The van der Waals surface area contributed by atoms with Crippen LogP contribution < -0.4 is 0 Å². The molecule has 0 aromatic carbocycles. The molecule has 0 aromatic heterocycles. The number of unbranched alkanes of at least 4 members (excludes halogenated alkanes) is 7. The molecule has 0 rings (SSSR count). The summed E-state index contributed by atoms with van der Waals surface area (Å²) < 4.78 is 0. The van der Waals surface area contributed by atoms with Crippen LogP contribution in [-0.4, -0.2) is 22.3 Å². The smallest absolute Gasteiger partial charge is 0.328 e. The molecule has 0 aliphatic carbocycles. The highest BCUT2D eigenvalue weighted by atomic mass is 16.4. The predicted octanol–water partition coefficient (Wildman–Crippen LogP) is 5.41. The van der Waals surface area contributed by atoms with E-state index in [9.17, 15) is 9.90 Å². The van der Waals surface area contributed by atoms with Crippen molar-refractivity contribution < 1.29 is 15.0 Å². The van der Waals surface area contributed by atoms with Crippen molar-refractivity contribution in [1.82, 2.24) is 0 Å². The number of allylic oxidation sites excluding steroid dienone is 5. The van der Waals surface area contributed by atoms with Gasteiger partial charge >= 0.3 is 5.97 Å². The van der Waals surface area contributed by atoms with Gasteiger partial charge in [-0.2, -0.15) is 0 Å². The van der Waals surface area contributed by atoms with Gasteiger partial charge in [-0.1, -0.05) is 82.2 Å². The molecule has 23 heavy (non-hydrogen) atoms. The second-order valence-corrected chi connectivity index (χ2v) is 6.01. The zero-order chi connectivity index (χ0) is 17.2. The van der Waals surface area contributed by atoms with Gasteiger partial charge in [-0.25, -0.2) is 4.79 Å². The molecule has 1 atom stereocenters. The Morgan fingerprint density at radius 2 is 1.48 bits per heavy atom. The summed E-state index contributed by atoms with van der Waals surface area (Å²) in [6, 6.07) is 0. The lowest BCUT2D eigenvalue weighted by molar-refractivity contribution is -0.131. The maximum atomic E-state index is 10.2. The van der Waals surface area contributed by atoms with Crippen LogP contribution in [0.3, 0.4) is 0 Å². The van der Waals surface area contributed by atoms with Crippen molar-refractivity contribution >= 4 is 5.97 Å². The first-order valence-corrected chi connectivity index (χ1v) is 9.07. The summed E-state index contributed by atoms with van der Waals surface area (Å²) in [7, 11) is 0. The standard InChI is InChI=1S/C20H34O3/c1-2-3-4-5-10-13-16-19(21)17-14-11-8-6-7-9-12-15-18-20(22)23/h6-7,9,12,15,18-19,21H,2-5,8,10-11,13-14,16-17H2,1H3,(H,22,23)/t19-/m0/s1. The van der Waals surface area contributed by atoms with Gasteiger partial charge in [0.15, 0.2) is 0 Å². The largest absolute Gasteiger partial charge is 0.478 e. The van der Waals surface area contributed by atoms with Crippen molar-refractivity contribution in [2.75, 3.05) is 0 Å². The van der Waals surface area contributed by atoms with E-state index in [-0.39, 0.29) is 6.10 Å². The van der Waals surface area contributed by atoms with E-state index in [0.29, 0.717) is 0 Å². The van der Waals surface area contributed by atoms with Crippen molar-refractivity contribution in [3.8, 4) is 0 Å². The maximum Gasteiger partial charge on any atom is 0.328 e. The van der Waals surface area contributed by atoms with Crippen LogP contribution in [0.15, 0.2) is 36.5 Å². The van der Waals surface area contributed by atoms with Crippen LogP contribution in [0.2, 0.25) is 0 Å². The van der Waals surface area contributed by atoms with Gasteiger partial charge in [-0.05, 0) is 25.7 Å². The topological polar surface area (TPSA) is 57.5 Å². The fraction of sp³-hybridized carbons (Fsp3) is 0.650. The maximum absolute atomic E-state index is 10.2. The summed E-state index contributed by atoms with van der Waals surface area (Å²) in [6.45, 7) is 2.23. The number of rotatable bonds is 15. The van der Waals surface area contributed by atoms with Crippen LogP contribution in [0.25, 0.3) is 0 Å². The molecule has 0 amide bonds. The Bertz CT molecular complexity index is 356. The number of aliphatic carboxylic acids is 1. The predicted molar refractivity (Wildman–Crippen MR) is 97.5 cm³/mol. The highest BCUT2D eigenvalue weighted by Crippen LogP contribution is 2.12. The zero-order valence-corrected chi connectivity index (χ0v) is 14.6. The van der Waals surface area contributed by atoms with E-state index < -0.39 is 5.97 Å². The Morgan fingerprint density at radius 1 is 0.870 bits per heavy atom. The number of aliphatic hydroxyl groups is 1. The van der Waals surface area contributed by atoms with Crippen molar-refractivity contribution in [3.63, 3.8) is 0 Å². The van der Waals surface area contributed by atoms with Crippen LogP contribution in [-0.2, 0) is 4.79 Å². The Kier molecular flexibility index (Phi) is 16.0. The number of carboxylic acids is 1. The number of carboxylic acid groups (broad SMARTS) is 1. The minimum atomic E-state index is -0.932. The average molecular weight is 322 g/mol. The van der Waals surface area contributed by atoms with E-state index in [2.05, 4.69) is 13.0 Å². The molecule has 0 unspecified atom stereocenters. The summed E-state index contributed by atoms with van der Waals surface area (Å²) in [6.07, 6.45) is 22.7. The SMILES string of the molecule is CCCCCCCC[C@H](O)CCCCC=CC=CC=CC(=O)O. The number of carbonyl (C=O) groups is 1. The zero-order valence-electron chi connectivity index (χ0n) is 14.6. The fourth-order valence-electron chi connectivity index (χ4n) is 2.39. The van der Waals surface area contributed by atoms with E-state index in [0.717, 1.165) is 44.6 Å². The fourth-order valence-corrected chi connectivity index (χ4v) is 2.39. The Labute approximate surface area is 141 Å². The molecule has 132 valence electrons. The quantitative estimate of drug-likeness (QED) is 0.241. The monoisotopic (exact) mass is 322 g/mol. The van der Waals surface area contributed by atoms with Crippen LogP contribution in [0, 0.1) is 0 Å². The second-order valence-electron chi connectivity index (χ2n) is 6.01. The molecular weight excluding hydrogens is 288 g/mol. The molecule has 0 aliphatic rings. The van der Waals surface area contributed by atoms with Crippen LogP contribution in [0.1, 0.15) is 77.6 Å². The Hall–Kier alpha value is -1.35. The van der Waals surface area contributed by atoms with Crippen LogP contribution >= 0.6 is 0 Å². The minimum Gasteiger partial charge on any atom is -0.478 e. The van der Waals surface area contributed by atoms with Gasteiger partial charge in [-0.3, -0.25) is 0 Å². The van der Waals surface area contributed by atoms with Gasteiger partial charge in [0.1, 0.15) is 0 Å². The van der Waals surface area contributed by atoms with Crippen molar-refractivity contribution in [2.45, 2.75) is 83.7 Å². The Morgan fingerprint density at radius 3 is 2.17 bits per heavy atom. The third kappa shape index (κ3) is 18.6. The van der Waals surface area contributed by atoms with E-state index >= 15 is 0 Å². The average Bonchev–Trinajstić information content (AvgIpc) is 2.52. The highest BCUT2D eigenvalue weighted by Gasteiger charge is 2.03. The summed E-state index contributed by atoms with van der Waals surface area (Å²) >= 11 is 0. The molecule has 0 bridgehead atoms. The molecular formula is C20H34O3. The molecule has 3 heteroatoms. The van der Waals surface area contributed by atoms with Crippen LogP contribution in [0.4, 0.5) is 0 Å². The third-order valence-corrected chi connectivity index (χ3v) is 3.76. The first-order valence-electron chi connectivity index (χ1n) is 9.07. The summed E-state index contributed by atoms with van der Waals surface area (Å²) in [5, 5.41) is 18.3. The summed E-state index contributed by atoms with van der Waals surface area (Å²) in [5.41, 5.74) is 0. The molecule has 0 spiro atoms. The number of hydrogen-bond acceptors (Lipinski definition) is 2. The molecule has 0 aromatic rings. The molecule has 0 aliphatic heterocycles. The van der Waals surface area contributed by atoms with E-state index in [1.165, 1.54) is 38.2 Å². The Balaban J connectivity index is 3.41. The normalized spacial score (nSPS) is 13.5. The summed E-state index contributed by atoms with van der Waals surface area (Å²) in [5.74, 6) is -0.932. The molecule has 0 fully saturated rings. The van der Waals surface area contributed by atoms with Gasteiger partial charge in [0.2, 0.25) is 0 Å². The molecule has 3 nitrogen and oxygen atoms in total. The van der Waals surface area contributed by atoms with Crippen molar-refractivity contribution in [1.29, 1.82) is 0 Å². The second kappa shape index (κ2) is 17.0. The number of aliphatic hydroxyl groups excluding tert-OH is 1. The lowest BCUT2D eigenvalue weighted by Crippen LogP contribution is -2.05. The van der Waals surface area contributed by atoms with E-state index in [1.54, 1.807) is 6.08 Å². The van der Waals surface area contributed by atoms with Gasteiger partial charge in [-0.15, -0.1) is 0 Å². The van der Waals surface area contributed by atoms with Crippen molar-refractivity contribution in [3.05, 3.63) is 36.5 Å². The third-order valence-electron chi connectivity index (χ3n) is 3.76. The van der Waals surface area contributed by atoms with Crippen LogP contribution in [0.5, 0.6) is 0 Å². The van der Waals surface area contributed by atoms with E-state index in [1.807, 2.05) is 12.2 Å². The molecule has 2 N–H and O–H groups in total. The first kappa shape index (κ1) is 21.6. The van der Waals surface area contributed by atoms with Gasteiger partial charge in [0.25, 0.3) is 0 Å². The van der Waals surface area contributed by atoms with Gasteiger partial charge in [0.05, 0.1) is 6.10 Å². The summed E-state index contributed by atoms with van der Waals surface area (Å²) in [4.78, 5) is 10.2. The van der Waals surface area contributed by atoms with Gasteiger partial charge < -0.3 is 10.2 Å². The number of hydrogen-bond donors (Lipinski definition) is 2. The van der Waals surface area contributed by atoms with E-state index in [4.69, 9.17) is 5.11 Å². The molecule has 0 saturated carbocycles. The minimum absolute atomic E-state index is 0.133. The lowest BCUT2D eigenvalue weighted by atomic mass is 10.0. The molecule has 0 saturated heterocycles. The highest BCUT2D eigenvalue weighted by molar-refractivity contribution is 5.80. The van der Waals surface area contributed by atoms with Gasteiger partial charge in [0, 0.05) is 6.08 Å². The lowest BCUT2D eigenvalue weighted by Gasteiger charge is -2.09. The molecule has 0 radical (unpaired) electrons.